The minimum Gasteiger partial charge on any atom is -0.340 e. The summed E-state index contributed by atoms with van der Waals surface area (Å²) < 4.78 is 30.4. The van der Waals surface area contributed by atoms with E-state index in [1.54, 1.807) is 0 Å². The first-order valence-corrected chi connectivity index (χ1v) is 23.3. The molecule has 4 atom stereocenters. The van der Waals surface area contributed by atoms with Crippen LogP contribution in [0.15, 0.2) is 134 Å². The zero-order chi connectivity index (χ0) is 46.1. The first kappa shape index (κ1) is 44.7. The van der Waals surface area contributed by atoms with Crippen molar-refractivity contribution in [2.45, 2.75) is 77.0 Å². The number of rotatable bonds is 14. The van der Waals surface area contributed by atoms with Gasteiger partial charge in [-0.2, -0.15) is 0 Å². The maximum Gasteiger partial charge on any atom is 0.265 e. The molecule has 2 aliphatic heterocycles. The lowest BCUT2D eigenvalue weighted by Crippen LogP contribution is -2.51. The highest BCUT2D eigenvalue weighted by molar-refractivity contribution is 6.05. The zero-order valence-electron chi connectivity index (χ0n) is 38.2. The fourth-order valence-electron chi connectivity index (χ4n) is 10.2. The van der Waals surface area contributed by atoms with Gasteiger partial charge in [-0.15, -0.1) is 0 Å². The van der Waals surface area contributed by atoms with Gasteiger partial charge in [0.1, 0.15) is 29.8 Å². The van der Waals surface area contributed by atoms with Gasteiger partial charge in [0.15, 0.2) is 0 Å². The van der Waals surface area contributed by atoms with Gasteiger partial charge in [0.2, 0.25) is 11.8 Å². The Hall–Kier alpha value is -6.50. The first-order chi connectivity index (χ1) is 32.0. The van der Waals surface area contributed by atoms with Gasteiger partial charge in [0, 0.05) is 18.4 Å². The number of likely N-dealkylation sites (N-methyl/N-ethyl adjacent to an activating group) is 2. The number of imidazole rings is 2. The number of likely N-dealkylation sites (tertiary alicyclic amines) is 2. The molecule has 340 valence electrons. The second-order valence-electron chi connectivity index (χ2n) is 17.6. The highest BCUT2D eigenvalue weighted by Gasteiger charge is 2.46. The van der Waals surface area contributed by atoms with E-state index in [1.165, 1.54) is 4.90 Å². The zero-order valence-corrected chi connectivity index (χ0v) is 38.2. The number of carbonyl (C=O) groups is 2. The fraction of sp³-hybridized carbons (Fsp3) is 0.333. The van der Waals surface area contributed by atoms with Crippen molar-refractivity contribution in [1.82, 2.24) is 39.5 Å². The van der Waals surface area contributed by atoms with Gasteiger partial charge in [0.25, 0.3) is 5.92 Å². The lowest BCUT2D eigenvalue weighted by atomic mass is 9.95. The number of carbonyl (C=O) groups excluding carboxylic acids is 2. The Morgan fingerprint density at radius 2 is 1.33 bits per heavy atom. The maximum absolute atomic E-state index is 15.2. The van der Waals surface area contributed by atoms with E-state index >= 15 is 8.78 Å². The van der Waals surface area contributed by atoms with Crippen LogP contribution in [0.4, 0.5) is 8.78 Å². The molecule has 9 rings (SSSR count). The second kappa shape index (κ2) is 18.8. The lowest BCUT2D eigenvalue weighted by Gasteiger charge is -2.42. The number of hydrogen-bond acceptors (Lipinski definition) is 6. The van der Waals surface area contributed by atoms with Crippen molar-refractivity contribution in [2.75, 3.05) is 39.3 Å². The average Bonchev–Trinajstić information content (AvgIpc) is 4.11. The fourth-order valence-corrected chi connectivity index (χ4v) is 10.2. The van der Waals surface area contributed by atoms with E-state index in [0.717, 1.165) is 74.0 Å². The van der Waals surface area contributed by atoms with E-state index in [1.807, 2.05) is 103 Å². The summed E-state index contributed by atoms with van der Waals surface area (Å²) in [6.45, 7) is 15.1. The molecule has 0 aliphatic carbocycles. The third kappa shape index (κ3) is 8.55. The number of piperidine rings is 1. The molecule has 5 aromatic carbocycles. The standard InChI is InChI=1S/C54H58F2N8O2/c1-6-61(7-2)48(38-16-12-10-13-17-38)52(65)63-31-29-35(5)47(63)51-57-33-44(59-51)37-22-20-36(21-23-37)40-24-26-42-41(32-40)25-27-43-46(42)60-50(58-43)45-28-30-54(55,56)34-64(45)53(66)49(62(8-3)9-4)39-18-14-11-15-19-39/h10-27,32-33,45,47-49H,5-9,28-31,34H2,1-4H3,(H,57,59)(H,58,60)/t45-,47-,48+,49+/m0/s1. The van der Waals surface area contributed by atoms with Gasteiger partial charge < -0.3 is 19.8 Å². The number of nitrogens with one attached hydrogen (secondary N) is 2. The molecule has 2 fully saturated rings. The number of hydrogen-bond donors (Lipinski definition) is 2. The van der Waals surface area contributed by atoms with Crippen LogP contribution in [0, 0.1) is 0 Å². The van der Waals surface area contributed by atoms with Crippen molar-refractivity contribution in [3.8, 4) is 22.4 Å². The average molecular weight is 889 g/mol. The van der Waals surface area contributed by atoms with Gasteiger partial charge in [-0.1, -0.05) is 137 Å². The molecule has 10 nitrogen and oxygen atoms in total. The summed E-state index contributed by atoms with van der Waals surface area (Å²) in [4.78, 5) is 53.3. The molecule has 2 aliphatic rings. The molecular weight excluding hydrogens is 831 g/mol. The number of aromatic amines is 2. The van der Waals surface area contributed by atoms with Crippen molar-refractivity contribution in [3.05, 3.63) is 156 Å². The Morgan fingerprint density at radius 3 is 1.95 bits per heavy atom. The highest BCUT2D eigenvalue weighted by atomic mass is 19.3. The summed E-state index contributed by atoms with van der Waals surface area (Å²) in [7, 11) is 0. The number of fused-ring (bicyclic) bond motifs is 3. The predicted octanol–water partition coefficient (Wildman–Crippen LogP) is 11.1. The molecule has 0 saturated carbocycles. The van der Waals surface area contributed by atoms with E-state index < -0.39 is 30.6 Å². The normalized spacial score (nSPS) is 18.5. The summed E-state index contributed by atoms with van der Waals surface area (Å²) in [5.41, 5.74) is 8.14. The first-order valence-electron chi connectivity index (χ1n) is 23.3. The molecule has 7 aromatic rings. The Kier molecular flexibility index (Phi) is 12.7. The molecule has 0 radical (unpaired) electrons. The topological polar surface area (TPSA) is 104 Å². The van der Waals surface area contributed by atoms with Crippen LogP contribution in [0.2, 0.25) is 0 Å². The van der Waals surface area contributed by atoms with Crippen LogP contribution < -0.4 is 0 Å². The molecule has 66 heavy (non-hydrogen) atoms. The monoisotopic (exact) mass is 888 g/mol. The third-order valence-electron chi connectivity index (χ3n) is 13.7. The van der Waals surface area contributed by atoms with E-state index in [2.05, 4.69) is 77.8 Å². The van der Waals surface area contributed by atoms with Gasteiger partial charge in [-0.05, 0) is 89.9 Å². The summed E-state index contributed by atoms with van der Waals surface area (Å²) in [5.74, 6) is -2.07. The van der Waals surface area contributed by atoms with Gasteiger partial charge >= 0.3 is 0 Å². The van der Waals surface area contributed by atoms with E-state index in [4.69, 9.17) is 9.97 Å². The van der Waals surface area contributed by atoms with Gasteiger partial charge in [-0.25, -0.2) is 18.7 Å². The van der Waals surface area contributed by atoms with Crippen molar-refractivity contribution >= 4 is 33.6 Å². The summed E-state index contributed by atoms with van der Waals surface area (Å²) in [5, 5.41) is 1.92. The maximum atomic E-state index is 15.2. The number of amides is 2. The highest BCUT2D eigenvalue weighted by Crippen LogP contribution is 2.42. The molecule has 12 heteroatoms. The third-order valence-corrected chi connectivity index (χ3v) is 13.7. The molecule has 2 aromatic heterocycles. The predicted molar refractivity (Wildman–Crippen MR) is 258 cm³/mol. The van der Waals surface area contributed by atoms with Crippen LogP contribution in [-0.2, 0) is 9.59 Å². The van der Waals surface area contributed by atoms with Gasteiger partial charge in [-0.3, -0.25) is 19.4 Å². The van der Waals surface area contributed by atoms with Crippen LogP contribution in [0.1, 0.15) is 93.9 Å². The van der Waals surface area contributed by atoms with Crippen LogP contribution in [0.25, 0.3) is 44.2 Å². The van der Waals surface area contributed by atoms with Crippen LogP contribution in [0.3, 0.4) is 0 Å². The second-order valence-corrected chi connectivity index (χ2v) is 17.6. The summed E-state index contributed by atoms with van der Waals surface area (Å²) in [6.07, 6.45) is 2.31. The number of alkyl halides is 2. The number of nitrogens with zero attached hydrogens (tertiary/aromatic N) is 6. The van der Waals surface area contributed by atoms with Crippen molar-refractivity contribution in [3.63, 3.8) is 0 Å². The van der Waals surface area contributed by atoms with E-state index in [-0.39, 0.29) is 30.7 Å². The van der Waals surface area contributed by atoms with Crippen LogP contribution in [-0.4, -0.2) is 96.5 Å². The molecule has 0 spiro atoms. The smallest absolute Gasteiger partial charge is 0.265 e. The molecule has 2 saturated heterocycles. The minimum atomic E-state index is -3.00. The summed E-state index contributed by atoms with van der Waals surface area (Å²) >= 11 is 0. The SMILES string of the molecule is C=C1CCN(C(=O)[C@@H](c2ccccc2)N(CC)CC)[C@@H]1c1ncc(-c2ccc(-c3ccc4c(ccc5[nH]c([C@@H]6CCC(F)(F)CN6C(=O)[C@@H](c6ccccc6)N(CC)CC)nc54)c3)cc2)[nH]1. The molecule has 4 heterocycles. The Labute approximate surface area is 385 Å². The Balaban J connectivity index is 0.952. The molecule has 2 N–H and O–H groups in total. The Bertz CT molecular complexity index is 2830. The number of aromatic nitrogens is 4. The molecular formula is C54H58F2N8O2. The Morgan fingerprint density at radius 1 is 0.742 bits per heavy atom. The van der Waals surface area contributed by atoms with Gasteiger partial charge in [0.05, 0.1) is 35.5 Å². The van der Waals surface area contributed by atoms with Crippen LogP contribution >= 0.6 is 0 Å². The number of H-pyrrole nitrogens is 2. The molecule has 0 unspecified atom stereocenters. The minimum absolute atomic E-state index is 0.0537. The quantitative estimate of drug-likeness (QED) is 0.105. The summed E-state index contributed by atoms with van der Waals surface area (Å²) in [6, 6.07) is 36.0. The van der Waals surface area contributed by atoms with Crippen molar-refractivity contribution in [2.24, 2.45) is 0 Å². The molecule has 0 bridgehead atoms. The van der Waals surface area contributed by atoms with Crippen molar-refractivity contribution in [1.29, 1.82) is 0 Å². The largest absolute Gasteiger partial charge is 0.340 e. The lowest BCUT2D eigenvalue weighted by molar-refractivity contribution is -0.154. The van der Waals surface area contributed by atoms with E-state index in [9.17, 15) is 9.59 Å². The van der Waals surface area contributed by atoms with E-state index in [0.29, 0.717) is 37.7 Å². The number of benzene rings is 5. The van der Waals surface area contributed by atoms with Crippen LogP contribution in [0.5, 0.6) is 0 Å². The number of halogens is 2. The van der Waals surface area contributed by atoms with Crippen molar-refractivity contribution < 1.29 is 18.4 Å². The molecule has 2 amide bonds.